The van der Waals surface area contributed by atoms with Crippen LogP contribution < -0.4 is 31.4 Å². The van der Waals surface area contributed by atoms with Gasteiger partial charge in [0.25, 0.3) is 11.5 Å². The smallest absolute Gasteiger partial charge is 0.332 e. The Bertz CT molecular complexity index is 1390. The molecule has 0 radical (unpaired) electrons. The minimum Gasteiger partial charge on any atom is -0.493 e. The standard InChI is InChI=1S/C27H34N4O6/c1-6-7-12-28-24(32)16-30-21-14-23(37-5)22(36-4)13-20(21)26(34)31(27(30)35)15-18-8-10-19(11-9-18)25(33)29-17(2)3/h8-11,13-14,17H,6-7,12,15-16H2,1-5H3,(H,28,32)(H,29,33). The summed E-state index contributed by atoms with van der Waals surface area (Å²) in [5.41, 5.74) is 0.248. The molecule has 0 aliphatic carbocycles. The molecule has 1 aromatic heterocycles. The molecule has 3 rings (SSSR count). The van der Waals surface area contributed by atoms with Crippen LogP contribution in [-0.2, 0) is 17.9 Å². The Morgan fingerprint density at radius 2 is 1.62 bits per heavy atom. The fourth-order valence-electron chi connectivity index (χ4n) is 3.93. The van der Waals surface area contributed by atoms with Crippen LogP contribution in [0.4, 0.5) is 0 Å². The number of unbranched alkanes of at least 4 members (excludes halogenated alkanes) is 1. The number of fused-ring (bicyclic) bond motifs is 1. The zero-order chi connectivity index (χ0) is 27.1. The van der Waals surface area contributed by atoms with Gasteiger partial charge in [0.15, 0.2) is 11.5 Å². The summed E-state index contributed by atoms with van der Waals surface area (Å²) in [6.07, 6.45) is 1.74. The Balaban J connectivity index is 2.08. The van der Waals surface area contributed by atoms with Gasteiger partial charge in [0.1, 0.15) is 6.54 Å². The lowest BCUT2D eigenvalue weighted by Crippen LogP contribution is -2.43. The Kier molecular flexibility index (Phi) is 9.10. The molecule has 0 saturated heterocycles. The highest BCUT2D eigenvalue weighted by Crippen LogP contribution is 2.30. The number of hydrogen-bond acceptors (Lipinski definition) is 6. The van der Waals surface area contributed by atoms with Gasteiger partial charge in [-0.1, -0.05) is 25.5 Å². The van der Waals surface area contributed by atoms with Crippen molar-refractivity contribution < 1.29 is 19.1 Å². The van der Waals surface area contributed by atoms with Gasteiger partial charge in [-0.2, -0.15) is 0 Å². The minimum atomic E-state index is -0.628. The second-order valence-electron chi connectivity index (χ2n) is 9.01. The summed E-state index contributed by atoms with van der Waals surface area (Å²) in [6.45, 7) is 5.96. The zero-order valence-electron chi connectivity index (χ0n) is 21.9. The van der Waals surface area contributed by atoms with Crippen molar-refractivity contribution in [2.45, 2.75) is 52.7 Å². The van der Waals surface area contributed by atoms with Crippen LogP contribution in [0.25, 0.3) is 10.9 Å². The first kappa shape index (κ1) is 27.5. The van der Waals surface area contributed by atoms with Crippen LogP contribution in [0.3, 0.4) is 0 Å². The van der Waals surface area contributed by atoms with Crippen LogP contribution in [0.15, 0.2) is 46.0 Å². The summed E-state index contributed by atoms with van der Waals surface area (Å²) in [7, 11) is 2.91. The first-order valence-corrected chi connectivity index (χ1v) is 12.3. The van der Waals surface area contributed by atoms with Crippen molar-refractivity contribution in [1.29, 1.82) is 0 Å². The van der Waals surface area contributed by atoms with E-state index in [0.29, 0.717) is 29.2 Å². The SMILES string of the molecule is CCCCNC(=O)Cn1c(=O)n(Cc2ccc(C(=O)NC(C)C)cc2)c(=O)c2cc(OC)c(OC)cc21. The third-order valence-electron chi connectivity index (χ3n) is 5.86. The zero-order valence-corrected chi connectivity index (χ0v) is 21.9. The fourth-order valence-corrected chi connectivity index (χ4v) is 3.93. The predicted octanol–water partition coefficient (Wildman–Crippen LogP) is 2.28. The third kappa shape index (κ3) is 6.38. The molecule has 0 saturated carbocycles. The molecule has 10 nitrogen and oxygen atoms in total. The highest BCUT2D eigenvalue weighted by Gasteiger charge is 2.19. The topological polar surface area (TPSA) is 121 Å². The number of carbonyl (C=O) groups is 2. The molecule has 1 heterocycles. The second-order valence-corrected chi connectivity index (χ2v) is 9.01. The number of amides is 2. The third-order valence-corrected chi connectivity index (χ3v) is 5.86. The van der Waals surface area contributed by atoms with E-state index in [-0.39, 0.29) is 41.8 Å². The quantitative estimate of drug-likeness (QED) is 0.382. The molecule has 2 N–H and O–H groups in total. The number of benzene rings is 2. The molecule has 0 atom stereocenters. The number of hydrogen-bond donors (Lipinski definition) is 2. The summed E-state index contributed by atoms with van der Waals surface area (Å²) >= 11 is 0. The Morgan fingerprint density at radius 1 is 0.973 bits per heavy atom. The van der Waals surface area contributed by atoms with Crippen molar-refractivity contribution in [3.8, 4) is 11.5 Å². The molecular formula is C27H34N4O6. The lowest BCUT2D eigenvalue weighted by Gasteiger charge is -2.16. The van der Waals surface area contributed by atoms with Crippen LogP contribution in [0.5, 0.6) is 11.5 Å². The van der Waals surface area contributed by atoms with Gasteiger partial charge in [0.05, 0.1) is 31.7 Å². The Morgan fingerprint density at radius 3 is 2.22 bits per heavy atom. The van der Waals surface area contributed by atoms with Gasteiger partial charge in [-0.25, -0.2) is 4.79 Å². The highest BCUT2D eigenvalue weighted by atomic mass is 16.5. The second kappa shape index (κ2) is 12.2. The van der Waals surface area contributed by atoms with Crippen LogP contribution in [0, 0.1) is 0 Å². The number of nitrogens with zero attached hydrogens (tertiary/aromatic N) is 2. The van der Waals surface area contributed by atoms with Crippen molar-refractivity contribution in [2.24, 2.45) is 0 Å². The van der Waals surface area contributed by atoms with Crippen molar-refractivity contribution in [3.63, 3.8) is 0 Å². The van der Waals surface area contributed by atoms with E-state index in [2.05, 4.69) is 10.6 Å². The number of nitrogens with one attached hydrogen (secondary N) is 2. The van der Waals surface area contributed by atoms with E-state index >= 15 is 0 Å². The lowest BCUT2D eigenvalue weighted by molar-refractivity contribution is -0.121. The van der Waals surface area contributed by atoms with Crippen LogP contribution >= 0.6 is 0 Å². The maximum atomic E-state index is 13.5. The van der Waals surface area contributed by atoms with E-state index in [1.165, 1.54) is 30.9 Å². The number of carbonyl (C=O) groups excluding carboxylic acids is 2. The number of methoxy groups -OCH3 is 2. The first-order chi connectivity index (χ1) is 17.7. The van der Waals surface area contributed by atoms with E-state index < -0.39 is 11.2 Å². The fraction of sp³-hybridized carbons (Fsp3) is 0.407. The van der Waals surface area contributed by atoms with Crippen LogP contribution in [0.2, 0.25) is 0 Å². The van der Waals surface area contributed by atoms with Crippen LogP contribution in [0.1, 0.15) is 49.5 Å². The molecule has 0 aliphatic rings. The van der Waals surface area contributed by atoms with E-state index in [1.54, 1.807) is 24.3 Å². The molecule has 37 heavy (non-hydrogen) atoms. The number of ether oxygens (including phenoxy) is 2. The molecular weight excluding hydrogens is 476 g/mol. The minimum absolute atomic E-state index is 0.00314. The predicted molar refractivity (Wildman–Crippen MR) is 142 cm³/mol. The molecule has 198 valence electrons. The molecule has 0 fully saturated rings. The maximum Gasteiger partial charge on any atom is 0.332 e. The number of aromatic nitrogens is 2. The Labute approximate surface area is 215 Å². The molecule has 10 heteroatoms. The van der Waals surface area contributed by atoms with Gasteiger partial charge in [-0.05, 0) is 44.0 Å². The average Bonchev–Trinajstić information content (AvgIpc) is 2.88. The molecule has 2 amide bonds. The summed E-state index contributed by atoms with van der Waals surface area (Å²) in [6, 6.07) is 9.72. The molecule has 0 spiro atoms. The molecule has 0 aliphatic heterocycles. The van der Waals surface area contributed by atoms with Gasteiger partial charge < -0.3 is 20.1 Å². The molecule has 2 aromatic carbocycles. The largest absolute Gasteiger partial charge is 0.493 e. The van der Waals surface area contributed by atoms with Crippen LogP contribution in [-0.4, -0.2) is 47.8 Å². The average molecular weight is 511 g/mol. The molecule has 3 aromatic rings. The van der Waals surface area contributed by atoms with Crippen molar-refractivity contribution in [3.05, 3.63) is 68.4 Å². The summed E-state index contributed by atoms with van der Waals surface area (Å²) in [5, 5.41) is 5.85. The van der Waals surface area contributed by atoms with Crippen molar-refractivity contribution >= 4 is 22.7 Å². The summed E-state index contributed by atoms with van der Waals surface area (Å²) in [5.74, 6) is 0.123. The summed E-state index contributed by atoms with van der Waals surface area (Å²) < 4.78 is 13.1. The van der Waals surface area contributed by atoms with E-state index in [1.807, 2.05) is 20.8 Å². The highest BCUT2D eigenvalue weighted by molar-refractivity contribution is 5.94. The monoisotopic (exact) mass is 510 g/mol. The van der Waals surface area contributed by atoms with Gasteiger partial charge >= 0.3 is 5.69 Å². The maximum absolute atomic E-state index is 13.5. The molecule has 0 unspecified atom stereocenters. The van der Waals surface area contributed by atoms with Crippen molar-refractivity contribution in [2.75, 3.05) is 20.8 Å². The van der Waals surface area contributed by atoms with Crippen molar-refractivity contribution in [1.82, 2.24) is 19.8 Å². The van der Waals surface area contributed by atoms with E-state index in [9.17, 15) is 19.2 Å². The van der Waals surface area contributed by atoms with E-state index in [0.717, 1.165) is 17.4 Å². The normalized spacial score (nSPS) is 11.0. The van der Waals surface area contributed by atoms with Gasteiger partial charge in [0, 0.05) is 24.2 Å². The molecule has 0 bridgehead atoms. The van der Waals surface area contributed by atoms with Gasteiger partial charge in [-0.3, -0.25) is 23.5 Å². The summed E-state index contributed by atoms with van der Waals surface area (Å²) in [4.78, 5) is 51.9. The number of rotatable bonds is 11. The van der Waals surface area contributed by atoms with Gasteiger partial charge in [-0.15, -0.1) is 0 Å². The first-order valence-electron chi connectivity index (χ1n) is 12.3. The van der Waals surface area contributed by atoms with Gasteiger partial charge in [0.2, 0.25) is 5.91 Å². The Hall–Kier alpha value is -4.08. The lowest BCUT2D eigenvalue weighted by atomic mass is 10.1. The van der Waals surface area contributed by atoms with E-state index in [4.69, 9.17) is 9.47 Å².